The van der Waals surface area contributed by atoms with Crippen LogP contribution in [0.2, 0.25) is 0 Å². The Hall–Kier alpha value is -2.47. The topological polar surface area (TPSA) is 58.4 Å². The number of benzene rings is 1. The Kier molecular flexibility index (Phi) is 6.91. The Balaban J connectivity index is 1.22. The zero-order chi connectivity index (χ0) is 22.6. The van der Waals surface area contributed by atoms with Gasteiger partial charge >= 0.3 is 0 Å². The maximum Gasteiger partial charge on any atom is 0.253 e. The first kappa shape index (κ1) is 22.3. The van der Waals surface area contributed by atoms with Crippen molar-refractivity contribution in [1.29, 1.82) is 0 Å². The number of amides is 1. The second-order valence-corrected chi connectivity index (χ2v) is 10.1. The molecule has 0 aliphatic carbocycles. The molecule has 0 N–H and O–H groups in total. The van der Waals surface area contributed by atoms with E-state index in [1.54, 1.807) is 6.07 Å². The third-order valence-corrected chi connectivity index (χ3v) is 7.72. The highest BCUT2D eigenvalue weighted by atomic mass is 16.2. The number of aromatic nitrogens is 2. The quantitative estimate of drug-likeness (QED) is 0.718. The van der Waals surface area contributed by atoms with Crippen molar-refractivity contribution < 1.29 is 4.79 Å². The maximum absolute atomic E-state index is 13.2. The molecule has 0 radical (unpaired) electrons. The molecule has 0 spiro atoms. The summed E-state index contributed by atoms with van der Waals surface area (Å²) >= 11 is 0. The Bertz CT molecular complexity index is 1020. The number of carbonyl (C=O) groups excluding carboxylic acids is 1. The Morgan fingerprint density at radius 3 is 2.61 bits per heavy atom. The number of aryl methyl sites for hydroxylation is 1. The molecule has 5 rings (SSSR count). The molecule has 2 atom stereocenters. The van der Waals surface area contributed by atoms with Gasteiger partial charge in [0.2, 0.25) is 5.91 Å². The van der Waals surface area contributed by atoms with Gasteiger partial charge in [-0.25, -0.2) is 4.98 Å². The Morgan fingerprint density at radius 2 is 1.73 bits per heavy atom. The van der Waals surface area contributed by atoms with E-state index in [4.69, 9.17) is 4.98 Å². The first-order valence-corrected chi connectivity index (χ1v) is 12.8. The summed E-state index contributed by atoms with van der Waals surface area (Å²) in [5.41, 5.74) is 2.38. The molecule has 1 aromatic heterocycles. The van der Waals surface area contributed by atoms with Gasteiger partial charge in [-0.1, -0.05) is 36.8 Å². The molecule has 1 amide bonds. The van der Waals surface area contributed by atoms with E-state index in [2.05, 4.69) is 40.1 Å². The van der Waals surface area contributed by atoms with Crippen molar-refractivity contribution >= 4 is 5.91 Å². The molecule has 6 heteroatoms. The summed E-state index contributed by atoms with van der Waals surface area (Å²) in [7, 11) is 0. The fourth-order valence-electron chi connectivity index (χ4n) is 5.88. The summed E-state index contributed by atoms with van der Waals surface area (Å²) in [6, 6.07) is 12.4. The summed E-state index contributed by atoms with van der Waals surface area (Å²) in [5.74, 6) is 1.89. The van der Waals surface area contributed by atoms with Crippen molar-refractivity contribution in [2.45, 2.75) is 69.7 Å². The average Bonchev–Trinajstić information content (AvgIpc) is 3.11. The first-order chi connectivity index (χ1) is 16.2. The highest BCUT2D eigenvalue weighted by Crippen LogP contribution is 2.28. The Morgan fingerprint density at radius 1 is 0.909 bits per heavy atom. The van der Waals surface area contributed by atoms with Gasteiger partial charge in [0.1, 0.15) is 5.82 Å². The molecule has 2 aromatic rings. The maximum atomic E-state index is 13.2. The molecular formula is C27H36N4O2. The van der Waals surface area contributed by atoms with Crippen LogP contribution in [-0.2, 0) is 17.8 Å². The summed E-state index contributed by atoms with van der Waals surface area (Å²) in [6.07, 6.45) is 8.55. The monoisotopic (exact) mass is 448 g/mol. The van der Waals surface area contributed by atoms with Gasteiger partial charge in [0.25, 0.3) is 5.56 Å². The third kappa shape index (κ3) is 5.21. The lowest BCUT2D eigenvalue weighted by atomic mass is 9.90. The highest BCUT2D eigenvalue weighted by molar-refractivity contribution is 5.78. The molecule has 176 valence electrons. The molecule has 4 heterocycles. The summed E-state index contributed by atoms with van der Waals surface area (Å²) < 4.78 is 1.88. The van der Waals surface area contributed by atoms with Crippen LogP contribution in [0.25, 0.3) is 0 Å². The van der Waals surface area contributed by atoms with E-state index in [-0.39, 0.29) is 17.4 Å². The number of likely N-dealkylation sites (tertiary alicyclic amines) is 2. The molecule has 0 bridgehead atoms. The van der Waals surface area contributed by atoms with Crippen molar-refractivity contribution in [3.63, 3.8) is 0 Å². The lowest BCUT2D eigenvalue weighted by Gasteiger charge is -2.36. The number of hydrogen-bond donors (Lipinski definition) is 0. The molecule has 0 unspecified atom stereocenters. The molecule has 2 saturated heterocycles. The van der Waals surface area contributed by atoms with Gasteiger partial charge in [0.05, 0.1) is 12.2 Å². The smallest absolute Gasteiger partial charge is 0.253 e. The van der Waals surface area contributed by atoms with Crippen molar-refractivity contribution in [2.24, 2.45) is 0 Å². The van der Waals surface area contributed by atoms with E-state index >= 15 is 0 Å². The average molecular weight is 449 g/mol. The van der Waals surface area contributed by atoms with E-state index in [1.165, 1.54) is 12.0 Å². The van der Waals surface area contributed by atoms with Gasteiger partial charge in [0, 0.05) is 50.5 Å². The van der Waals surface area contributed by atoms with Gasteiger partial charge in [-0.05, 0) is 50.6 Å². The van der Waals surface area contributed by atoms with Crippen LogP contribution in [0.4, 0.5) is 0 Å². The first-order valence-electron chi connectivity index (χ1n) is 12.8. The predicted octanol–water partition coefficient (Wildman–Crippen LogP) is 3.56. The molecular weight excluding hydrogens is 412 g/mol. The van der Waals surface area contributed by atoms with Crippen LogP contribution in [0, 0.1) is 0 Å². The largest absolute Gasteiger partial charge is 0.341 e. The standard InChI is InChI=1S/C27H36N4O2/c32-26-17-24(28-25-13-5-2-6-16-31(25)26)23-12-7-14-29(18-23)20-27(33)30-15-8-11-22(19-30)21-9-3-1-4-10-21/h1,3-4,9-10,17,22-23H,2,5-8,11-16,18-20H2/t22-,23+/m1/s1. The number of fused-ring (bicyclic) bond motifs is 1. The van der Waals surface area contributed by atoms with Crippen LogP contribution in [0.1, 0.15) is 73.9 Å². The Labute approximate surface area is 196 Å². The van der Waals surface area contributed by atoms with E-state index in [0.717, 1.165) is 89.2 Å². The fraction of sp³-hybridized carbons (Fsp3) is 0.593. The van der Waals surface area contributed by atoms with Crippen molar-refractivity contribution in [3.8, 4) is 0 Å². The zero-order valence-electron chi connectivity index (χ0n) is 19.6. The van der Waals surface area contributed by atoms with Crippen LogP contribution in [-0.4, -0.2) is 58.0 Å². The summed E-state index contributed by atoms with van der Waals surface area (Å²) in [6.45, 7) is 4.72. The fourth-order valence-corrected chi connectivity index (χ4v) is 5.88. The minimum Gasteiger partial charge on any atom is -0.341 e. The van der Waals surface area contributed by atoms with Gasteiger partial charge in [-0.3, -0.25) is 19.1 Å². The lowest BCUT2D eigenvalue weighted by Crippen LogP contribution is -2.46. The van der Waals surface area contributed by atoms with Crippen LogP contribution < -0.4 is 5.56 Å². The predicted molar refractivity (Wildman–Crippen MR) is 129 cm³/mol. The van der Waals surface area contributed by atoms with Crippen LogP contribution in [0.3, 0.4) is 0 Å². The molecule has 1 aromatic carbocycles. The number of hydrogen-bond acceptors (Lipinski definition) is 4. The number of carbonyl (C=O) groups is 1. The molecule has 3 aliphatic heterocycles. The minimum atomic E-state index is 0.102. The van der Waals surface area contributed by atoms with Crippen molar-refractivity contribution in [2.75, 3.05) is 32.7 Å². The number of rotatable bonds is 4. The molecule has 3 aliphatic rings. The van der Waals surface area contributed by atoms with E-state index in [9.17, 15) is 9.59 Å². The minimum absolute atomic E-state index is 0.102. The zero-order valence-corrected chi connectivity index (χ0v) is 19.6. The number of nitrogens with zero attached hydrogens (tertiary/aromatic N) is 4. The van der Waals surface area contributed by atoms with Gasteiger partial charge in [0.15, 0.2) is 0 Å². The van der Waals surface area contributed by atoms with Gasteiger partial charge < -0.3 is 4.90 Å². The van der Waals surface area contributed by atoms with E-state index in [0.29, 0.717) is 12.5 Å². The lowest BCUT2D eigenvalue weighted by molar-refractivity contribution is -0.134. The van der Waals surface area contributed by atoms with Crippen molar-refractivity contribution in [3.05, 3.63) is 63.8 Å². The second-order valence-electron chi connectivity index (χ2n) is 10.1. The second kappa shape index (κ2) is 10.2. The SMILES string of the molecule is O=C(CN1CCC[C@H](c2cc(=O)n3c(n2)CCCCC3)C1)N1CCC[C@@H](c2ccccc2)C1. The summed E-state index contributed by atoms with van der Waals surface area (Å²) in [4.78, 5) is 35.2. The normalized spacial score (nSPS) is 24.2. The van der Waals surface area contributed by atoms with Crippen LogP contribution in [0.15, 0.2) is 41.2 Å². The van der Waals surface area contributed by atoms with E-state index < -0.39 is 0 Å². The van der Waals surface area contributed by atoms with Gasteiger partial charge in [-0.2, -0.15) is 0 Å². The van der Waals surface area contributed by atoms with Crippen LogP contribution in [0.5, 0.6) is 0 Å². The van der Waals surface area contributed by atoms with E-state index in [1.807, 2.05) is 4.57 Å². The highest BCUT2D eigenvalue weighted by Gasteiger charge is 2.29. The molecule has 6 nitrogen and oxygen atoms in total. The van der Waals surface area contributed by atoms with Crippen molar-refractivity contribution in [1.82, 2.24) is 19.4 Å². The van der Waals surface area contributed by atoms with Crippen LogP contribution >= 0.6 is 0 Å². The molecule has 33 heavy (non-hydrogen) atoms. The number of piperidine rings is 2. The molecule has 2 fully saturated rings. The van der Waals surface area contributed by atoms with Gasteiger partial charge in [-0.15, -0.1) is 0 Å². The summed E-state index contributed by atoms with van der Waals surface area (Å²) in [5, 5.41) is 0. The third-order valence-electron chi connectivity index (χ3n) is 7.72. The molecule has 0 saturated carbocycles.